The molecule has 1 aliphatic heterocycles. The molecule has 1 aliphatic rings. The molecule has 1 heterocycles. The van der Waals surface area contributed by atoms with E-state index in [1.54, 1.807) is 7.11 Å². The molecule has 0 aromatic rings. The van der Waals surface area contributed by atoms with Crippen molar-refractivity contribution < 1.29 is 29.2 Å². The molecule has 1 saturated heterocycles. The van der Waals surface area contributed by atoms with Crippen LogP contribution in [0.1, 0.15) is 13.8 Å². The highest BCUT2D eigenvalue weighted by molar-refractivity contribution is 5.68. The van der Waals surface area contributed by atoms with Crippen LogP contribution in [0, 0.1) is 0 Å². The lowest BCUT2D eigenvalue weighted by Gasteiger charge is -2.47. The molecule has 7 nitrogen and oxygen atoms in total. The Morgan fingerprint density at radius 2 is 2.05 bits per heavy atom. The third-order valence-electron chi connectivity index (χ3n) is 3.10. The van der Waals surface area contributed by atoms with Crippen molar-refractivity contribution in [3.8, 4) is 0 Å². The number of rotatable bonds is 10. The number of nitrogens with zero attached hydrogens (tertiary/aromatic N) is 1. The van der Waals surface area contributed by atoms with Crippen LogP contribution in [-0.4, -0.2) is 85.5 Å². The Kier molecular flexibility index (Phi) is 6.84. The third-order valence-corrected chi connectivity index (χ3v) is 3.10. The first-order valence-corrected chi connectivity index (χ1v) is 6.71. The van der Waals surface area contributed by atoms with Crippen molar-refractivity contribution in [2.45, 2.75) is 31.7 Å². The van der Waals surface area contributed by atoms with Gasteiger partial charge in [-0.2, -0.15) is 0 Å². The van der Waals surface area contributed by atoms with Crippen LogP contribution in [-0.2, 0) is 19.0 Å². The summed E-state index contributed by atoms with van der Waals surface area (Å²) in [5.41, 5.74) is -0.428. The Morgan fingerprint density at radius 3 is 2.60 bits per heavy atom. The zero-order valence-electron chi connectivity index (χ0n) is 12.4. The van der Waals surface area contributed by atoms with E-state index < -0.39 is 17.7 Å². The normalized spacial score (nSPS) is 21.2. The number of carboxylic acids is 1. The Balaban J connectivity index is 2.13. The summed E-state index contributed by atoms with van der Waals surface area (Å²) in [7, 11) is 1.61. The van der Waals surface area contributed by atoms with Crippen LogP contribution in [0.3, 0.4) is 0 Å². The summed E-state index contributed by atoms with van der Waals surface area (Å²) >= 11 is 0. The minimum Gasteiger partial charge on any atom is -0.480 e. The van der Waals surface area contributed by atoms with E-state index in [9.17, 15) is 9.90 Å². The summed E-state index contributed by atoms with van der Waals surface area (Å²) < 4.78 is 15.7. The Labute approximate surface area is 119 Å². The number of β-amino-alcohol motifs (C(OH)–C–C–N with tert-alkyl or cyclic N) is 1. The van der Waals surface area contributed by atoms with Crippen molar-refractivity contribution in [3.05, 3.63) is 0 Å². The van der Waals surface area contributed by atoms with E-state index >= 15 is 0 Å². The van der Waals surface area contributed by atoms with Crippen LogP contribution < -0.4 is 0 Å². The quantitative estimate of drug-likeness (QED) is 0.565. The predicted molar refractivity (Wildman–Crippen MR) is 71.7 cm³/mol. The number of carbonyl (C=O) groups is 1. The molecule has 20 heavy (non-hydrogen) atoms. The molecule has 2 atom stereocenters. The number of aliphatic hydroxyl groups is 1. The van der Waals surface area contributed by atoms with Crippen molar-refractivity contribution in [1.82, 2.24) is 4.90 Å². The van der Waals surface area contributed by atoms with Crippen molar-refractivity contribution >= 4 is 5.97 Å². The highest BCUT2D eigenvalue weighted by atomic mass is 16.5. The van der Waals surface area contributed by atoms with Gasteiger partial charge in [0.05, 0.1) is 31.0 Å². The molecular formula is C13H25NO6. The van der Waals surface area contributed by atoms with E-state index in [-0.39, 0.29) is 19.3 Å². The molecule has 0 saturated carbocycles. The average Bonchev–Trinajstić information content (AvgIpc) is 2.32. The van der Waals surface area contributed by atoms with Crippen LogP contribution in [0.5, 0.6) is 0 Å². The van der Waals surface area contributed by atoms with Gasteiger partial charge in [0.2, 0.25) is 0 Å². The zero-order chi connectivity index (χ0) is 15.2. The number of aliphatic carboxylic acids is 1. The minimum atomic E-state index is -0.967. The second-order valence-corrected chi connectivity index (χ2v) is 5.56. The fraction of sp³-hybridized carbons (Fsp3) is 0.923. The van der Waals surface area contributed by atoms with Gasteiger partial charge in [-0.15, -0.1) is 0 Å². The molecular weight excluding hydrogens is 266 g/mol. The molecule has 0 aromatic heterocycles. The number of hydrogen-bond acceptors (Lipinski definition) is 6. The maximum Gasteiger partial charge on any atom is 0.329 e. The summed E-state index contributed by atoms with van der Waals surface area (Å²) in [5.74, 6) is -0.967. The van der Waals surface area contributed by atoms with Gasteiger partial charge in [0.1, 0.15) is 6.61 Å². The van der Waals surface area contributed by atoms with Crippen molar-refractivity contribution in [1.29, 1.82) is 0 Å². The molecule has 0 spiro atoms. The van der Waals surface area contributed by atoms with E-state index in [0.717, 1.165) is 0 Å². The van der Waals surface area contributed by atoms with Crippen molar-refractivity contribution in [3.63, 3.8) is 0 Å². The van der Waals surface area contributed by atoms with Crippen molar-refractivity contribution in [2.24, 2.45) is 0 Å². The highest BCUT2D eigenvalue weighted by Gasteiger charge is 2.40. The lowest BCUT2D eigenvalue weighted by molar-refractivity contribution is -0.168. The van der Waals surface area contributed by atoms with Gasteiger partial charge >= 0.3 is 5.97 Å². The van der Waals surface area contributed by atoms with Gasteiger partial charge in [0.15, 0.2) is 0 Å². The first-order chi connectivity index (χ1) is 9.34. The first-order valence-electron chi connectivity index (χ1n) is 6.71. The van der Waals surface area contributed by atoms with E-state index in [2.05, 4.69) is 0 Å². The second kappa shape index (κ2) is 7.90. The summed E-state index contributed by atoms with van der Waals surface area (Å²) in [4.78, 5) is 12.5. The molecule has 0 radical (unpaired) electrons. The molecule has 1 fully saturated rings. The molecule has 0 bridgehead atoms. The lowest BCUT2D eigenvalue weighted by atomic mass is 9.96. The zero-order valence-corrected chi connectivity index (χ0v) is 12.4. The van der Waals surface area contributed by atoms with Crippen LogP contribution in [0.25, 0.3) is 0 Å². The Morgan fingerprint density at radius 1 is 1.40 bits per heavy atom. The minimum absolute atomic E-state index is 0.0461. The fourth-order valence-corrected chi connectivity index (χ4v) is 2.26. The number of aliphatic hydroxyl groups excluding tert-OH is 1. The van der Waals surface area contributed by atoms with E-state index in [4.69, 9.17) is 19.3 Å². The predicted octanol–water partition coefficient (Wildman–Crippen LogP) is -0.426. The lowest BCUT2D eigenvalue weighted by Crippen LogP contribution is -2.63. The second-order valence-electron chi connectivity index (χ2n) is 5.56. The average molecular weight is 291 g/mol. The summed E-state index contributed by atoms with van der Waals surface area (Å²) in [6, 6.07) is 0. The molecule has 118 valence electrons. The smallest absolute Gasteiger partial charge is 0.329 e. The number of hydrogen-bond donors (Lipinski definition) is 2. The third kappa shape index (κ3) is 6.15. The Bertz CT molecular complexity index is 305. The molecule has 0 aromatic carbocycles. The molecule has 1 rings (SSSR count). The maximum atomic E-state index is 10.4. The van der Waals surface area contributed by atoms with Gasteiger partial charge in [-0.1, -0.05) is 0 Å². The molecule has 2 N–H and O–H groups in total. The van der Waals surface area contributed by atoms with Gasteiger partial charge in [-0.3, -0.25) is 4.90 Å². The van der Waals surface area contributed by atoms with Crippen LogP contribution in [0.4, 0.5) is 0 Å². The van der Waals surface area contributed by atoms with E-state index in [1.165, 1.54) is 0 Å². The molecule has 0 aliphatic carbocycles. The summed E-state index contributed by atoms with van der Waals surface area (Å²) in [6.07, 6.45) is -0.617. The molecule has 2 unspecified atom stereocenters. The van der Waals surface area contributed by atoms with Gasteiger partial charge in [0.25, 0.3) is 0 Å². The number of carboxylic acid groups (broad SMARTS) is 1. The summed E-state index contributed by atoms with van der Waals surface area (Å²) in [6.45, 7) is 5.95. The largest absolute Gasteiger partial charge is 0.480 e. The topological polar surface area (TPSA) is 88.5 Å². The fourth-order valence-electron chi connectivity index (χ4n) is 2.26. The number of methoxy groups -OCH3 is 1. The van der Waals surface area contributed by atoms with Crippen molar-refractivity contribution in [2.75, 3.05) is 46.6 Å². The Hall–Kier alpha value is -0.730. The molecule has 7 heteroatoms. The van der Waals surface area contributed by atoms with Gasteiger partial charge < -0.3 is 24.4 Å². The monoisotopic (exact) mass is 291 g/mol. The van der Waals surface area contributed by atoms with E-state index in [0.29, 0.717) is 26.2 Å². The first kappa shape index (κ1) is 17.3. The van der Waals surface area contributed by atoms with Crippen LogP contribution >= 0.6 is 0 Å². The standard InChI is InChI=1S/C13H25NO6/c1-10(5-18-3)19-6-11(15)4-14-8-13(2,9-14)20-7-12(16)17/h10-11,15H,4-9H2,1-3H3,(H,16,17). The SMILES string of the molecule is COCC(C)OCC(O)CN1CC(C)(OCC(=O)O)C1. The highest BCUT2D eigenvalue weighted by Crippen LogP contribution is 2.24. The number of ether oxygens (including phenoxy) is 3. The van der Waals surface area contributed by atoms with E-state index in [1.807, 2.05) is 18.7 Å². The van der Waals surface area contributed by atoms with Gasteiger partial charge in [-0.05, 0) is 13.8 Å². The van der Waals surface area contributed by atoms with Gasteiger partial charge in [-0.25, -0.2) is 4.79 Å². The van der Waals surface area contributed by atoms with Crippen LogP contribution in [0.15, 0.2) is 0 Å². The maximum absolute atomic E-state index is 10.4. The van der Waals surface area contributed by atoms with Crippen LogP contribution in [0.2, 0.25) is 0 Å². The number of likely N-dealkylation sites (tertiary alicyclic amines) is 1. The van der Waals surface area contributed by atoms with Gasteiger partial charge in [0, 0.05) is 26.7 Å². The summed E-state index contributed by atoms with van der Waals surface area (Å²) in [5, 5.41) is 18.4. The molecule has 0 amide bonds.